The molecule has 6 heteroatoms. The topological polar surface area (TPSA) is 104 Å². The second kappa shape index (κ2) is 6.29. The third-order valence-electron chi connectivity index (χ3n) is 3.50. The Morgan fingerprint density at radius 2 is 1.46 bits per heavy atom. The molecule has 3 rings (SSSR count). The number of hydrogen-bond donors (Lipinski definition) is 4. The van der Waals surface area contributed by atoms with Gasteiger partial charge >= 0.3 is 6.03 Å². The molecule has 0 aliphatic carbocycles. The van der Waals surface area contributed by atoms with Crippen molar-refractivity contribution < 1.29 is 14.7 Å². The Bertz CT molecular complexity index is 938. The quantitative estimate of drug-likeness (QED) is 0.595. The molecule has 0 spiro atoms. The number of carbonyl (C=O) groups excluding carboxylic acids is 2. The minimum absolute atomic E-state index is 0.0994. The van der Waals surface area contributed by atoms with E-state index in [4.69, 9.17) is 5.73 Å². The smallest absolute Gasteiger partial charge is 0.316 e. The minimum atomic E-state index is -0.689. The lowest BCUT2D eigenvalue weighted by atomic mass is 10.1. The Labute approximate surface area is 137 Å². The summed E-state index contributed by atoms with van der Waals surface area (Å²) < 4.78 is 0. The van der Waals surface area contributed by atoms with E-state index in [0.717, 1.165) is 10.8 Å². The van der Waals surface area contributed by atoms with E-state index < -0.39 is 11.9 Å². The molecule has 0 unspecified atom stereocenters. The molecular weight excluding hydrogens is 306 g/mol. The van der Waals surface area contributed by atoms with Gasteiger partial charge in [0.2, 0.25) is 0 Å². The van der Waals surface area contributed by atoms with Crippen LogP contribution in [0.25, 0.3) is 10.8 Å². The van der Waals surface area contributed by atoms with E-state index in [1.807, 2.05) is 24.3 Å². The lowest BCUT2D eigenvalue weighted by Gasteiger charge is -2.10. The van der Waals surface area contributed by atoms with Gasteiger partial charge in [-0.15, -0.1) is 0 Å². The average molecular weight is 321 g/mol. The van der Waals surface area contributed by atoms with Crippen LogP contribution in [0.15, 0.2) is 60.7 Å². The second-order valence-corrected chi connectivity index (χ2v) is 5.24. The lowest BCUT2D eigenvalue weighted by molar-refractivity contribution is 0.102. The predicted octanol–water partition coefficient (Wildman–Crippen LogP) is 3.29. The van der Waals surface area contributed by atoms with Crippen LogP contribution in [0.4, 0.5) is 16.2 Å². The van der Waals surface area contributed by atoms with E-state index in [1.54, 1.807) is 36.4 Å². The van der Waals surface area contributed by atoms with Gasteiger partial charge in [0, 0.05) is 11.4 Å². The number of fused-ring (bicyclic) bond motifs is 1. The molecule has 3 aromatic carbocycles. The maximum Gasteiger partial charge on any atom is 0.316 e. The first-order valence-corrected chi connectivity index (χ1v) is 7.22. The number of aromatic hydroxyl groups is 1. The number of hydrogen-bond acceptors (Lipinski definition) is 3. The third-order valence-corrected chi connectivity index (χ3v) is 3.50. The van der Waals surface area contributed by atoms with Crippen molar-refractivity contribution in [3.8, 4) is 5.75 Å². The molecule has 0 bridgehead atoms. The molecule has 24 heavy (non-hydrogen) atoms. The average Bonchev–Trinajstić information content (AvgIpc) is 2.53. The summed E-state index contributed by atoms with van der Waals surface area (Å²) in [4.78, 5) is 23.3. The van der Waals surface area contributed by atoms with Gasteiger partial charge in [-0.05, 0) is 41.1 Å². The van der Waals surface area contributed by atoms with Crippen molar-refractivity contribution in [2.24, 2.45) is 5.73 Å². The molecule has 0 atom stereocenters. The van der Waals surface area contributed by atoms with E-state index in [-0.39, 0.29) is 11.3 Å². The zero-order valence-electron chi connectivity index (χ0n) is 12.6. The molecule has 0 saturated carbocycles. The van der Waals surface area contributed by atoms with Crippen LogP contribution in [0, 0.1) is 0 Å². The van der Waals surface area contributed by atoms with Gasteiger partial charge in [-0.2, -0.15) is 0 Å². The third kappa shape index (κ3) is 3.27. The first kappa shape index (κ1) is 15.4. The van der Waals surface area contributed by atoms with Gasteiger partial charge < -0.3 is 21.5 Å². The van der Waals surface area contributed by atoms with Gasteiger partial charge in [-0.25, -0.2) is 4.79 Å². The van der Waals surface area contributed by atoms with Gasteiger partial charge in [-0.1, -0.05) is 30.3 Å². The minimum Gasteiger partial charge on any atom is -0.507 e. The van der Waals surface area contributed by atoms with E-state index in [1.165, 1.54) is 0 Å². The van der Waals surface area contributed by atoms with E-state index >= 15 is 0 Å². The van der Waals surface area contributed by atoms with Gasteiger partial charge in [0.15, 0.2) is 0 Å². The van der Waals surface area contributed by atoms with Crippen molar-refractivity contribution in [2.75, 3.05) is 10.6 Å². The normalized spacial score (nSPS) is 10.3. The van der Waals surface area contributed by atoms with Crippen molar-refractivity contribution in [1.82, 2.24) is 0 Å². The molecule has 0 heterocycles. The fraction of sp³-hybridized carbons (Fsp3) is 0. The summed E-state index contributed by atoms with van der Waals surface area (Å²) in [6, 6.07) is 16.5. The molecular formula is C18H15N3O3. The Morgan fingerprint density at radius 3 is 2.12 bits per heavy atom. The Kier molecular flexibility index (Phi) is 4.03. The van der Waals surface area contributed by atoms with Crippen molar-refractivity contribution in [2.45, 2.75) is 0 Å². The van der Waals surface area contributed by atoms with Gasteiger partial charge in [-0.3, -0.25) is 4.79 Å². The predicted molar refractivity (Wildman–Crippen MR) is 93.2 cm³/mol. The number of carbonyl (C=O) groups is 2. The number of amides is 3. The summed E-state index contributed by atoms with van der Waals surface area (Å²) in [5, 5.41) is 16.9. The van der Waals surface area contributed by atoms with Gasteiger partial charge in [0.1, 0.15) is 5.75 Å². The van der Waals surface area contributed by atoms with Crippen LogP contribution in [0.1, 0.15) is 10.4 Å². The van der Waals surface area contributed by atoms with E-state index in [0.29, 0.717) is 11.4 Å². The lowest BCUT2D eigenvalue weighted by Crippen LogP contribution is -2.19. The highest BCUT2D eigenvalue weighted by atomic mass is 16.3. The van der Waals surface area contributed by atoms with Crippen LogP contribution in [0.3, 0.4) is 0 Å². The number of primary amides is 1. The van der Waals surface area contributed by atoms with E-state index in [9.17, 15) is 14.7 Å². The molecule has 0 fully saturated rings. The van der Waals surface area contributed by atoms with Crippen molar-refractivity contribution in [3.05, 3.63) is 66.2 Å². The summed E-state index contributed by atoms with van der Waals surface area (Å²) >= 11 is 0. The largest absolute Gasteiger partial charge is 0.507 e. The first-order chi connectivity index (χ1) is 11.5. The Hall–Kier alpha value is -3.54. The van der Waals surface area contributed by atoms with Crippen LogP contribution in [0.2, 0.25) is 0 Å². The molecule has 0 aliphatic rings. The second-order valence-electron chi connectivity index (χ2n) is 5.24. The van der Waals surface area contributed by atoms with Crippen LogP contribution >= 0.6 is 0 Å². The molecule has 0 saturated heterocycles. The summed E-state index contributed by atoms with van der Waals surface area (Å²) in [5.41, 5.74) is 6.17. The maximum atomic E-state index is 12.4. The number of benzene rings is 3. The van der Waals surface area contributed by atoms with Gasteiger partial charge in [0.25, 0.3) is 5.91 Å². The molecule has 0 radical (unpaired) electrons. The van der Waals surface area contributed by atoms with Crippen LogP contribution in [-0.4, -0.2) is 17.0 Å². The SMILES string of the molecule is NC(=O)Nc1cccc(NC(=O)c2cc3ccccc3cc2O)c1. The molecule has 3 amide bonds. The standard InChI is InChI=1S/C18H15N3O3/c19-18(24)21-14-7-3-6-13(10-14)20-17(23)15-8-11-4-1-2-5-12(11)9-16(15)22/h1-10,22H,(H,20,23)(H3,19,21,24). The highest BCUT2D eigenvalue weighted by molar-refractivity contribution is 6.08. The summed E-state index contributed by atoms with van der Waals surface area (Å²) in [5.74, 6) is -0.549. The number of rotatable bonds is 3. The van der Waals surface area contributed by atoms with Crippen molar-refractivity contribution in [3.63, 3.8) is 0 Å². The first-order valence-electron chi connectivity index (χ1n) is 7.22. The molecule has 120 valence electrons. The van der Waals surface area contributed by atoms with Crippen LogP contribution < -0.4 is 16.4 Å². The molecule has 0 aromatic heterocycles. The zero-order valence-corrected chi connectivity index (χ0v) is 12.6. The summed E-state index contributed by atoms with van der Waals surface area (Å²) in [7, 11) is 0. The summed E-state index contributed by atoms with van der Waals surface area (Å²) in [6.45, 7) is 0. The Morgan fingerprint density at radius 1 is 0.833 bits per heavy atom. The molecule has 6 nitrogen and oxygen atoms in total. The molecule has 0 aliphatic heterocycles. The number of nitrogens with one attached hydrogen (secondary N) is 2. The Balaban J connectivity index is 1.87. The number of nitrogens with two attached hydrogens (primary N) is 1. The number of anilines is 2. The van der Waals surface area contributed by atoms with Gasteiger partial charge in [0.05, 0.1) is 5.56 Å². The maximum absolute atomic E-state index is 12.4. The summed E-state index contributed by atoms with van der Waals surface area (Å²) in [6.07, 6.45) is 0. The van der Waals surface area contributed by atoms with E-state index in [2.05, 4.69) is 10.6 Å². The monoisotopic (exact) mass is 321 g/mol. The van der Waals surface area contributed by atoms with Crippen LogP contribution in [0.5, 0.6) is 5.75 Å². The fourth-order valence-electron chi connectivity index (χ4n) is 2.43. The highest BCUT2D eigenvalue weighted by Gasteiger charge is 2.13. The van der Waals surface area contributed by atoms with Crippen molar-refractivity contribution in [1.29, 1.82) is 0 Å². The fourth-order valence-corrected chi connectivity index (χ4v) is 2.43. The number of phenolic OH excluding ortho intramolecular Hbond substituents is 1. The zero-order chi connectivity index (χ0) is 17.1. The van der Waals surface area contributed by atoms with Crippen LogP contribution in [-0.2, 0) is 0 Å². The number of urea groups is 1. The highest BCUT2D eigenvalue weighted by Crippen LogP contribution is 2.26. The molecule has 3 aromatic rings. The molecule has 5 N–H and O–H groups in total. The number of phenols is 1. The van der Waals surface area contributed by atoms with Crippen molar-refractivity contribution >= 4 is 34.1 Å².